The molecule has 2 aromatic carbocycles. The maximum atomic E-state index is 15.6. The molecule has 0 bridgehead atoms. The average molecular weight is 631 g/mol. The standard InChI is InChI=1S/C31H31FO9S2/c1-15(30(35)36)8-20(33)27-11-17-10-24(23(40-4)14-25(17)42-27)41-7-5-6-18-22(39-3)13-26-19(29(18)32)12-28(43-26)21(34)9-16(2)31(37)38/h10-16H,5-9H2,1-4H3,(H,35,36)(H,37,38). The van der Waals surface area contributed by atoms with E-state index < -0.39 is 29.6 Å². The number of fused-ring (bicyclic) bond motifs is 2. The molecule has 0 aliphatic heterocycles. The molecule has 0 spiro atoms. The highest BCUT2D eigenvalue weighted by molar-refractivity contribution is 7.21. The molecule has 228 valence electrons. The van der Waals surface area contributed by atoms with E-state index >= 15 is 4.39 Å². The predicted molar refractivity (Wildman–Crippen MR) is 162 cm³/mol. The number of methoxy groups -OCH3 is 2. The van der Waals surface area contributed by atoms with Gasteiger partial charge in [0.2, 0.25) is 0 Å². The number of Topliss-reactive ketones (excluding diaryl/α,β-unsaturated/α-hetero) is 2. The fourth-order valence-corrected chi connectivity index (χ4v) is 6.59. The highest BCUT2D eigenvalue weighted by Gasteiger charge is 2.23. The molecule has 9 nitrogen and oxygen atoms in total. The fraction of sp³-hybridized carbons (Fsp3) is 0.355. The normalized spacial score (nSPS) is 12.7. The molecule has 4 aromatic rings. The van der Waals surface area contributed by atoms with Crippen LogP contribution in [0.3, 0.4) is 0 Å². The number of hydrogen-bond donors (Lipinski definition) is 2. The molecule has 0 radical (unpaired) electrons. The first-order valence-electron chi connectivity index (χ1n) is 13.5. The van der Waals surface area contributed by atoms with Crippen molar-refractivity contribution in [2.45, 2.75) is 39.5 Å². The highest BCUT2D eigenvalue weighted by Crippen LogP contribution is 2.39. The Morgan fingerprint density at radius 1 is 0.791 bits per heavy atom. The Hall–Kier alpha value is -4.03. The Morgan fingerprint density at radius 2 is 1.35 bits per heavy atom. The Balaban J connectivity index is 1.47. The van der Waals surface area contributed by atoms with Gasteiger partial charge in [-0.1, -0.05) is 13.8 Å². The van der Waals surface area contributed by atoms with E-state index in [4.69, 9.17) is 24.4 Å². The van der Waals surface area contributed by atoms with Gasteiger partial charge >= 0.3 is 11.9 Å². The first kappa shape index (κ1) is 31.9. The molecule has 0 saturated carbocycles. The summed E-state index contributed by atoms with van der Waals surface area (Å²) in [6, 6.07) is 8.37. The van der Waals surface area contributed by atoms with Crippen molar-refractivity contribution in [3.05, 3.63) is 51.5 Å². The Labute approximate surface area is 254 Å². The van der Waals surface area contributed by atoms with Gasteiger partial charge in [0.1, 0.15) is 11.6 Å². The van der Waals surface area contributed by atoms with E-state index in [0.29, 0.717) is 43.7 Å². The molecule has 0 aliphatic rings. The number of ether oxygens (including phenoxy) is 3. The maximum absolute atomic E-state index is 15.6. The van der Waals surface area contributed by atoms with E-state index in [9.17, 15) is 19.2 Å². The number of carboxylic acids is 2. The van der Waals surface area contributed by atoms with Crippen LogP contribution < -0.4 is 14.2 Å². The third-order valence-corrected chi connectivity index (χ3v) is 9.31. The summed E-state index contributed by atoms with van der Waals surface area (Å²) in [5.41, 5.74) is 0.341. The van der Waals surface area contributed by atoms with Crippen molar-refractivity contribution in [3.63, 3.8) is 0 Å². The van der Waals surface area contributed by atoms with E-state index in [1.807, 2.05) is 0 Å². The average Bonchev–Trinajstić information content (AvgIpc) is 3.59. The minimum Gasteiger partial charge on any atom is -0.496 e. The molecule has 0 saturated heterocycles. The molecule has 2 N–H and O–H groups in total. The van der Waals surface area contributed by atoms with Gasteiger partial charge in [-0.3, -0.25) is 19.2 Å². The number of aliphatic carboxylic acids is 2. The summed E-state index contributed by atoms with van der Waals surface area (Å²) in [4.78, 5) is 48.2. The third-order valence-electron chi connectivity index (χ3n) is 7.05. The van der Waals surface area contributed by atoms with Crippen molar-refractivity contribution >= 4 is 66.4 Å². The van der Waals surface area contributed by atoms with Gasteiger partial charge in [0.25, 0.3) is 0 Å². The molecule has 0 fully saturated rings. The molecular weight excluding hydrogens is 599 g/mol. The highest BCUT2D eigenvalue weighted by atomic mass is 32.1. The van der Waals surface area contributed by atoms with Crippen LogP contribution in [0, 0.1) is 17.7 Å². The van der Waals surface area contributed by atoms with Crippen LogP contribution in [0.1, 0.15) is 58.0 Å². The summed E-state index contributed by atoms with van der Waals surface area (Å²) in [5.74, 6) is -3.57. The summed E-state index contributed by atoms with van der Waals surface area (Å²) < 4.78 is 33.8. The second kappa shape index (κ2) is 13.5. The van der Waals surface area contributed by atoms with Gasteiger partial charge in [0.15, 0.2) is 23.1 Å². The number of carbonyl (C=O) groups excluding carboxylic acids is 2. The zero-order chi connectivity index (χ0) is 31.4. The van der Waals surface area contributed by atoms with Crippen LogP contribution in [-0.2, 0) is 16.0 Å². The van der Waals surface area contributed by atoms with E-state index in [-0.39, 0.29) is 42.8 Å². The van der Waals surface area contributed by atoms with E-state index in [2.05, 4.69) is 0 Å². The SMILES string of the molecule is COc1cc2sc(C(=O)CC(C)C(=O)O)cc2cc1OCCCc1c(OC)cc2sc(C(=O)CC(C)C(=O)O)cc2c1F. The fourth-order valence-electron chi connectivity index (χ4n) is 4.53. The number of carbonyl (C=O) groups is 4. The lowest BCUT2D eigenvalue weighted by Crippen LogP contribution is -2.13. The van der Waals surface area contributed by atoms with Crippen molar-refractivity contribution in [2.24, 2.45) is 11.8 Å². The number of thiophene rings is 2. The van der Waals surface area contributed by atoms with Gasteiger partial charge in [-0.15, -0.1) is 22.7 Å². The predicted octanol–water partition coefficient (Wildman–Crippen LogP) is 6.87. The molecule has 4 rings (SSSR count). The van der Waals surface area contributed by atoms with E-state index in [1.54, 1.807) is 24.3 Å². The lowest BCUT2D eigenvalue weighted by molar-refractivity contribution is -0.141. The van der Waals surface area contributed by atoms with E-state index in [1.165, 1.54) is 45.5 Å². The maximum Gasteiger partial charge on any atom is 0.306 e. The minimum atomic E-state index is -1.07. The lowest BCUT2D eigenvalue weighted by Gasteiger charge is -2.13. The largest absolute Gasteiger partial charge is 0.496 e. The topological polar surface area (TPSA) is 136 Å². The number of ketones is 2. The monoisotopic (exact) mass is 630 g/mol. The van der Waals surface area contributed by atoms with Crippen LogP contribution in [0.4, 0.5) is 4.39 Å². The number of benzene rings is 2. The van der Waals surface area contributed by atoms with Gasteiger partial charge < -0.3 is 24.4 Å². The zero-order valence-electron chi connectivity index (χ0n) is 24.0. The molecule has 0 amide bonds. The van der Waals surface area contributed by atoms with Crippen LogP contribution in [0.25, 0.3) is 20.2 Å². The van der Waals surface area contributed by atoms with Gasteiger partial charge in [-0.2, -0.15) is 0 Å². The zero-order valence-corrected chi connectivity index (χ0v) is 25.7. The van der Waals surface area contributed by atoms with Crippen molar-refractivity contribution < 1.29 is 48.0 Å². The summed E-state index contributed by atoms with van der Waals surface area (Å²) in [6.07, 6.45) is 0.435. The lowest BCUT2D eigenvalue weighted by atomic mass is 10.0. The van der Waals surface area contributed by atoms with Crippen LogP contribution in [0.15, 0.2) is 30.3 Å². The molecule has 2 heterocycles. The van der Waals surface area contributed by atoms with Crippen LogP contribution in [0.5, 0.6) is 17.2 Å². The number of carboxylic acid groups (broad SMARTS) is 2. The van der Waals surface area contributed by atoms with Crippen molar-refractivity contribution in [1.82, 2.24) is 0 Å². The van der Waals surface area contributed by atoms with E-state index in [0.717, 1.165) is 21.4 Å². The Morgan fingerprint density at radius 3 is 1.93 bits per heavy atom. The Kier molecular flexibility index (Phi) is 10.0. The molecule has 2 atom stereocenters. The summed E-state index contributed by atoms with van der Waals surface area (Å²) in [5, 5.41) is 19.3. The van der Waals surface area contributed by atoms with Gasteiger partial charge in [-0.05, 0) is 42.5 Å². The van der Waals surface area contributed by atoms with Crippen LogP contribution >= 0.6 is 22.7 Å². The van der Waals surface area contributed by atoms with Crippen molar-refractivity contribution in [2.75, 3.05) is 20.8 Å². The summed E-state index contributed by atoms with van der Waals surface area (Å²) in [7, 11) is 2.94. The first-order valence-corrected chi connectivity index (χ1v) is 15.1. The number of halogens is 1. The Bertz CT molecular complexity index is 1700. The molecule has 43 heavy (non-hydrogen) atoms. The second-order valence-electron chi connectivity index (χ2n) is 10.2. The van der Waals surface area contributed by atoms with Crippen LogP contribution in [-0.4, -0.2) is 54.5 Å². The van der Waals surface area contributed by atoms with Gasteiger partial charge in [0, 0.05) is 39.3 Å². The first-order chi connectivity index (χ1) is 20.4. The smallest absolute Gasteiger partial charge is 0.306 e. The molecule has 12 heteroatoms. The third kappa shape index (κ3) is 7.14. The molecule has 2 aromatic heterocycles. The minimum absolute atomic E-state index is 0.0958. The van der Waals surface area contributed by atoms with Crippen molar-refractivity contribution in [1.29, 1.82) is 0 Å². The second-order valence-corrected chi connectivity index (χ2v) is 12.4. The summed E-state index contributed by atoms with van der Waals surface area (Å²) >= 11 is 2.36. The molecular formula is C31H31FO9S2. The van der Waals surface area contributed by atoms with Gasteiger partial charge in [0.05, 0.1) is 42.4 Å². The van der Waals surface area contributed by atoms with Gasteiger partial charge in [-0.25, -0.2) is 4.39 Å². The summed E-state index contributed by atoms with van der Waals surface area (Å²) in [6.45, 7) is 3.16. The van der Waals surface area contributed by atoms with Crippen molar-refractivity contribution in [3.8, 4) is 17.2 Å². The molecule has 0 aliphatic carbocycles. The quantitative estimate of drug-likeness (QED) is 0.106. The van der Waals surface area contributed by atoms with Crippen LogP contribution in [0.2, 0.25) is 0 Å². The number of rotatable bonds is 15. The number of hydrogen-bond acceptors (Lipinski definition) is 9. The molecule has 2 unspecified atom stereocenters.